The Balaban J connectivity index is 1.50. The number of nitrogens with one attached hydrogen (secondary N) is 2. The van der Waals surface area contributed by atoms with E-state index >= 15 is 0 Å². The minimum absolute atomic E-state index is 0.241. The maximum atomic E-state index is 13.8. The van der Waals surface area contributed by atoms with Crippen molar-refractivity contribution >= 4 is 17.7 Å². The fraction of sp³-hybridized carbons (Fsp3) is 0.350. The first kappa shape index (κ1) is 18.6. The zero-order chi connectivity index (χ0) is 18.4. The Morgan fingerprint density at radius 2 is 1.96 bits per heavy atom. The number of aliphatic imine (C=N–C) groups is 1. The molecule has 2 N–H and O–H groups in total. The van der Waals surface area contributed by atoms with Gasteiger partial charge in [0.15, 0.2) is 17.5 Å². The van der Waals surface area contributed by atoms with Crippen LogP contribution in [0.15, 0.2) is 58.4 Å². The minimum atomic E-state index is -0.356. The molecular formula is C20H24FN3OS. The summed E-state index contributed by atoms with van der Waals surface area (Å²) in [6.45, 7) is 1.35. The van der Waals surface area contributed by atoms with Crippen LogP contribution in [0, 0.1) is 5.82 Å². The van der Waals surface area contributed by atoms with Crippen LogP contribution in [-0.2, 0) is 6.54 Å². The average Bonchev–Trinajstić information content (AvgIpc) is 3.42. The van der Waals surface area contributed by atoms with E-state index in [1.807, 2.05) is 23.9 Å². The van der Waals surface area contributed by atoms with Gasteiger partial charge in [-0.3, -0.25) is 4.99 Å². The van der Waals surface area contributed by atoms with Gasteiger partial charge in [0, 0.05) is 29.8 Å². The number of rotatable bonds is 7. The quantitative estimate of drug-likeness (QED) is 0.572. The van der Waals surface area contributed by atoms with Crippen LogP contribution in [0.5, 0.6) is 5.75 Å². The Bertz CT molecular complexity index is 763. The molecule has 0 unspecified atom stereocenters. The Labute approximate surface area is 158 Å². The number of methoxy groups -OCH3 is 1. The molecule has 1 aliphatic rings. The van der Waals surface area contributed by atoms with Crippen molar-refractivity contribution in [3.8, 4) is 5.75 Å². The van der Waals surface area contributed by atoms with Gasteiger partial charge in [-0.05, 0) is 42.7 Å². The van der Waals surface area contributed by atoms with Crippen molar-refractivity contribution in [1.29, 1.82) is 0 Å². The number of halogens is 1. The molecule has 1 aliphatic carbocycles. The van der Waals surface area contributed by atoms with Crippen LogP contribution in [0.1, 0.15) is 18.4 Å². The third kappa shape index (κ3) is 4.91. The molecule has 4 nitrogen and oxygen atoms in total. The maximum Gasteiger partial charge on any atom is 0.191 e. The van der Waals surface area contributed by atoms with Crippen LogP contribution < -0.4 is 15.4 Å². The molecule has 0 amide bonds. The lowest BCUT2D eigenvalue weighted by Crippen LogP contribution is -2.40. The molecule has 3 rings (SSSR count). The van der Waals surface area contributed by atoms with E-state index in [0.29, 0.717) is 6.54 Å². The van der Waals surface area contributed by atoms with Crippen molar-refractivity contribution in [3.63, 3.8) is 0 Å². The molecule has 6 heteroatoms. The van der Waals surface area contributed by atoms with E-state index in [1.165, 1.54) is 30.9 Å². The summed E-state index contributed by atoms with van der Waals surface area (Å²) in [6.07, 6.45) is 2.39. The summed E-state index contributed by atoms with van der Waals surface area (Å²) >= 11 is 1.92. The lowest BCUT2D eigenvalue weighted by molar-refractivity contribution is 0.386. The van der Waals surface area contributed by atoms with Crippen LogP contribution >= 0.6 is 11.8 Å². The molecule has 1 fully saturated rings. The van der Waals surface area contributed by atoms with Gasteiger partial charge < -0.3 is 15.4 Å². The zero-order valence-corrected chi connectivity index (χ0v) is 15.9. The fourth-order valence-corrected chi connectivity index (χ4v) is 3.91. The minimum Gasteiger partial charge on any atom is -0.494 e. The summed E-state index contributed by atoms with van der Waals surface area (Å²) in [5.41, 5.74) is 0.839. The molecule has 0 aromatic heterocycles. The van der Waals surface area contributed by atoms with Crippen molar-refractivity contribution in [2.75, 3.05) is 20.7 Å². The normalized spacial score (nSPS) is 15.4. The number of hydrogen-bond donors (Lipinski definition) is 2. The first-order chi connectivity index (χ1) is 12.6. The molecule has 0 saturated heterocycles. The largest absolute Gasteiger partial charge is 0.494 e. The third-order valence-corrected chi connectivity index (χ3v) is 5.86. The second-order valence-electron chi connectivity index (χ2n) is 6.35. The van der Waals surface area contributed by atoms with Gasteiger partial charge in [0.25, 0.3) is 0 Å². The topological polar surface area (TPSA) is 45.7 Å². The number of nitrogens with zero attached hydrogens (tertiary/aromatic N) is 1. The molecule has 0 aliphatic heterocycles. The van der Waals surface area contributed by atoms with Crippen molar-refractivity contribution in [1.82, 2.24) is 10.6 Å². The van der Waals surface area contributed by atoms with Crippen molar-refractivity contribution < 1.29 is 9.13 Å². The Morgan fingerprint density at radius 1 is 1.19 bits per heavy atom. The Morgan fingerprint density at radius 3 is 2.58 bits per heavy atom. The summed E-state index contributed by atoms with van der Waals surface area (Å²) in [5, 5.41) is 6.64. The highest BCUT2D eigenvalue weighted by Crippen LogP contribution is 2.51. The van der Waals surface area contributed by atoms with Gasteiger partial charge in [-0.1, -0.05) is 24.3 Å². The van der Waals surface area contributed by atoms with E-state index in [9.17, 15) is 4.39 Å². The van der Waals surface area contributed by atoms with Crippen LogP contribution in [0.3, 0.4) is 0 Å². The second kappa shape index (κ2) is 8.45. The lowest BCUT2D eigenvalue weighted by atomic mass is 10.2. The fourth-order valence-electron chi connectivity index (χ4n) is 2.66. The SMILES string of the molecule is CN=C(NCc1ccc(OC)c(F)c1)NCC1(Sc2ccccc2)CC1. The number of benzene rings is 2. The summed E-state index contributed by atoms with van der Waals surface area (Å²) in [5.74, 6) is 0.622. The van der Waals surface area contributed by atoms with Gasteiger partial charge in [-0.25, -0.2) is 4.39 Å². The first-order valence-electron chi connectivity index (χ1n) is 8.65. The highest BCUT2D eigenvalue weighted by Gasteiger charge is 2.43. The van der Waals surface area contributed by atoms with Crippen molar-refractivity contribution in [2.45, 2.75) is 29.0 Å². The monoisotopic (exact) mass is 373 g/mol. The van der Waals surface area contributed by atoms with Gasteiger partial charge in [0.2, 0.25) is 0 Å². The summed E-state index contributed by atoms with van der Waals surface area (Å²) in [6, 6.07) is 15.4. The maximum absolute atomic E-state index is 13.8. The van der Waals surface area contributed by atoms with Crippen LogP contribution in [0.4, 0.5) is 4.39 Å². The molecule has 2 aromatic carbocycles. The van der Waals surface area contributed by atoms with Gasteiger partial charge in [0.05, 0.1) is 7.11 Å². The molecule has 26 heavy (non-hydrogen) atoms. The highest BCUT2D eigenvalue weighted by molar-refractivity contribution is 8.01. The summed E-state index contributed by atoms with van der Waals surface area (Å²) in [4.78, 5) is 5.56. The number of guanidine groups is 1. The molecule has 0 heterocycles. The molecule has 0 bridgehead atoms. The third-order valence-electron chi connectivity index (χ3n) is 4.36. The van der Waals surface area contributed by atoms with Gasteiger partial charge >= 0.3 is 0 Å². The molecular weight excluding hydrogens is 349 g/mol. The van der Waals surface area contributed by atoms with E-state index in [4.69, 9.17) is 4.74 Å². The Hall–Kier alpha value is -2.21. The van der Waals surface area contributed by atoms with E-state index in [-0.39, 0.29) is 16.3 Å². The van der Waals surface area contributed by atoms with Crippen LogP contribution in [-0.4, -0.2) is 31.4 Å². The smallest absolute Gasteiger partial charge is 0.191 e. The molecule has 2 aromatic rings. The van der Waals surface area contributed by atoms with Gasteiger partial charge in [0.1, 0.15) is 0 Å². The number of ether oxygens (including phenoxy) is 1. The predicted octanol–water partition coefficient (Wildman–Crippen LogP) is 3.82. The molecule has 1 saturated carbocycles. The second-order valence-corrected chi connectivity index (χ2v) is 7.89. The number of thioether (sulfide) groups is 1. The van der Waals surface area contributed by atoms with Crippen LogP contribution in [0.25, 0.3) is 0 Å². The van der Waals surface area contributed by atoms with Crippen molar-refractivity contribution in [2.24, 2.45) is 4.99 Å². The van der Waals surface area contributed by atoms with E-state index in [1.54, 1.807) is 13.1 Å². The van der Waals surface area contributed by atoms with Gasteiger partial charge in [-0.15, -0.1) is 11.8 Å². The van der Waals surface area contributed by atoms with E-state index in [0.717, 1.165) is 18.1 Å². The molecule has 0 atom stereocenters. The first-order valence-corrected chi connectivity index (χ1v) is 9.47. The van der Waals surface area contributed by atoms with Crippen molar-refractivity contribution in [3.05, 3.63) is 59.9 Å². The Kier molecular flexibility index (Phi) is 6.04. The lowest BCUT2D eigenvalue weighted by Gasteiger charge is -2.18. The van der Waals surface area contributed by atoms with E-state index in [2.05, 4.69) is 39.9 Å². The molecule has 138 valence electrons. The zero-order valence-electron chi connectivity index (χ0n) is 15.1. The molecule has 0 spiro atoms. The van der Waals surface area contributed by atoms with Crippen LogP contribution in [0.2, 0.25) is 0 Å². The average molecular weight is 373 g/mol. The summed E-state index contributed by atoms with van der Waals surface area (Å²) < 4.78 is 19.0. The van der Waals surface area contributed by atoms with E-state index < -0.39 is 0 Å². The highest BCUT2D eigenvalue weighted by atomic mass is 32.2. The molecule has 0 radical (unpaired) electrons. The van der Waals surface area contributed by atoms with Gasteiger partial charge in [-0.2, -0.15) is 0 Å². The standard InChI is InChI=1S/C20H24FN3OS/c1-22-19(23-13-15-8-9-18(25-2)17(21)12-15)24-14-20(10-11-20)26-16-6-4-3-5-7-16/h3-9,12H,10-11,13-14H2,1-2H3,(H2,22,23,24). The summed E-state index contributed by atoms with van der Waals surface area (Å²) in [7, 11) is 3.21. The number of hydrogen-bond acceptors (Lipinski definition) is 3. The predicted molar refractivity (Wildman–Crippen MR) is 105 cm³/mol.